The van der Waals surface area contributed by atoms with Crippen LogP contribution in [-0.2, 0) is 14.4 Å². The van der Waals surface area contributed by atoms with Gasteiger partial charge in [-0.25, -0.2) is 0 Å². The standard InChI is InChI=1S/C18H18N2O4.Na/c1-14(21)19(15-8-4-2-5-9-15)12-17(22)20(13-18(23)24)16-10-6-3-7-11-16;/h2-11H,12-13H2,1H3,(H,23,24);. The zero-order valence-electron chi connectivity index (χ0n) is 14.3. The predicted octanol–water partition coefficient (Wildman–Crippen LogP) is 1.78. The molecule has 0 saturated heterocycles. The van der Waals surface area contributed by atoms with Crippen molar-refractivity contribution >= 4 is 58.7 Å². The second-order valence-electron chi connectivity index (χ2n) is 5.15. The Kier molecular flexibility index (Phi) is 8.34. The van der Waals surface area contributed by atoms with Crippen LogP contribution in [0.1, 0.15) is 6.92 Å². The summed E-state index contributed by atoms with van der Waals surface area (Å²) in [4.78, 5) is 38.1. The van der Waals surface area contributed by atoms with Gasteiger partial charge in [0, 0.05) is 47.9 Å². The number of anilines is 2. The number of carbonyl (C=O) groups excluding carboxylic acids is 2. The topological polar surface area (TPSA) is 77.9 Å². The maximum absolute atomic E-state index is 12.6. The molecule has 0 heterocycles. The van der Waals surface area contributed by atoms with E-state index in [1.807, 2.05) is 6.07 Å². The van der Waals surface area contributed by atoms with Gasteiger partial charge in [0.2, 0.25) is 11.8 Å². The minimum atomic E-state index is -1.12. The Bertz CT molecular complexity index is 722. The number of nitrogens with zero attached hydrogens (tertiary/aromatic N) is 2. The molecule has 0 fully saturated rings. The van der Waals surface area contributed by atoms with Crippen LogP contribution < -0.4 is 9.80 Å². The molecule has 0 aliphatic heterocycles. The van der Waals surface area contributed by atoms with Gasteiger partial charge in [-0.1, -0.05) is 36.4 Å². The first-order valence-electron chi connectivity index (χ1n) is 7.39. The van der Waals surface area contributed by atoms with Crippen molar-refractivity contribution in [2.75, 3.05) is 22.9 Å². The van der Waals surface area contributed by atoms with Crippen molar-refractivity contribution in [1.82, 2.24) is 0 Å². The molecule has 2 amide bonds. The Morgan fingerprint density at radius 1 is 0.800 bits per heavy atom. The first-order valence-corrected chi connectivity index (χ1v) is 7.39. The van der Waals surface area contributed by atoms with Gasteiger partial charge in [0.25, 0.3) is 0 Å². The predicted molar refractivity (Wildman–Crippen MR) is 96.7 cm³/mol. The number of carboxylic acids is 1. The molecule has 2 aromatic rings. The van der Waals surface area contributed by atoms with E-state index in [-0.39, 0.29) is 42.0 Å². The molecule has 0 unspecified atom stereocenters. The van der Waals surface area contributed by atoms with Crippen LogP contribution in [-0.4, -0.2) is 65.5 Å². The second kappa shape index (κ2) is 9.98. The van der Waals surface area contributed by atoms with E-state index in [1.165, 1.54) is 11.8 Å². The average molecular weight is 349 g/mol. The third-order valence-corrected chi connectivity index (χ3v) is 3.40. The summed E-state index contributed by atoms with van der Waals surface area (Å²) >= 11 is 0. The molecule has 0 spiro atoms. The molecule has 25 heavy (non-hydrogen) atoms. The maximum Gasteiger partial charge on any atom is 0.323 e. The molecule has 0 aliphatic rings. The molecule has 2 aromatic carbocycles. The van der Waals surface area contributed by atoms with E-state index in [0.29, 0.717) is 11.4 Å². The summed E-state index contributed by atoms with van der Waals surface area (Å²) in [6.07, 6.45) is 0. The molecule has 0 saturated carbocycles. The van der Waals surface area contributed by atoms with Gasteiger partial charge < -0.3 is 10.0 Å². The number of hydrogen-bond donors (Lipinski definition) is 1. The van der Waals surface area contributed by atoms with Crippen LogP contribution in [0.2, 0.25) is 0 Å². The van der Waals surface area contributed by atoms with Crippen LogP contribution in [0.4, 0.5) is 11.4 Å². The largest absolute Gasteiger partial charge is 0.480 e. The van der Waals surface area contributed by atoms with Crippen LogP contribution in [0.15, 0.2) is 60.7 Å². The molecule has 7 heteroatoms. The summed E-state index contributed by atoms with van der Waals surface area (Å²) in [7, 11) is 0. The van der Waals surface area contributed by atoms with Gasteiger partial charge in [-0.05, 0) is 24.3 Å². The van der Waals surface area contributed by atoms with E-state index in [9.17, 15) is 14.4 Å². The molecule has 1 N–H and O–H groups in total. The van der Waals surface area contributed by atoms with Gasteiger partial charge in [0.15, 0.2) is 0 Å². The van der Waals surface area contributed by atoms with Gasteiger partial charge in [0.05, 0.1) is 0 Å². The van der Waals surface area contributed by atoms with Crippen molar-refractivity contribution in [2.45, 2.75) is 6.92 Å². The molecule has 2 rings (SSSR count). The minimum Gasteiger partial charge on any atom is -0.480 e. The third-order valence-electron chi connectivity index (χ3n) is 3.40. The summed E-state index contributed by atoms with van der Waals surface area (Å²) in [6.45, 7) is 0.662. The Morgan fingerprint density at radius 3 is 1.64 bits per heavy atom. The van der Waals surface area contributed by atoms with Crippen LogP contribution >= 0.6 is 0 Å². The molecule has 0 aliphatic carbocycles. The van der Waals surface area contributed by atoms with E-state index in [2.05, 4.69) is 0 Å². The maximum atomic E-state index is 12.6. The van der Waals surface area contributed by atoms with Gasteiger partial charge in [-0.3, -0.25) is 19.3 Å². The van der Waals surface area contributed by atoms with Gasteiger partial charge in [0.1, 0.15) is 13.1 Å². The minimum absolute atomic E-state index is 0. The number of benzene rings is 2. The summed E-state index contributed by atoms with van der Waals surface area (Å²) in [6, 6.07) is 17.3. The number of amides is 2. The zero-order chi connectivity index (χ0) is 17.5. The Balaban J connectivity index is 0.00000312. The number of carboxylic acid groups (broad SMARTS) is 1. The SMILES string of the molecule is CC(=O)N(CC(=O)N(CC(=O)O)c1ccccc1)c1ccccc1.[Na]. The molecule has 6 nitrogen and oxygen atoms in total. The van der Waals surface area contributed by atoms with E-state index in [4.69, 9.17) is 5.11 Å². The van der Waals surface area contributed by atoms with Crippen LogP contribution in [0.3, 0.4) is 0 Å². The van der Waals surface area contributed by atoms with Crippen molar-refractivity contribution < 1.29 is 19.5 Å². The van der Waals surface area contributed by atoms with Gasteiger partial charge >= 0.3 is 5.97 Å². The molecule has 0 aromatic heterocycles. The quantitative estimate of drug-likeness (QED) is 0.807. The Labute approximate surface area is 168 Å². The van der Waals surface area contributed by atoms with Crippen molar-refractivity contribution in [3.05, 3.63) is 60.7 Å². The number of carbonyl (C=O) groups is 3. The first-order chi connectivity index (χ1) is 11.5. The number of aliphatic carboxylic acids is 1. The number of hydrogen-bond acceptors (Lipinski definition) is 3. The molecule has 1 radical (unpaired) electrons. The molecule has 0 bridgehead atoms. The molecule has 125 valence electrons. The van der Waals surface area contributed by atoms with E-state index in [1.54, 1.807) is 54.6 Å². The molecule has 0 atom stereocenters. The van der Waals surface area contributed by atoms with Gasteiger partial charge in [-0.15, -0.1) is 0 Å². The summed E-state index contributed by atoms with van der Waals surface area (Å²) < 4.78 is 0. The first kappa shape index (κ1) is 20.9. The van der Waals surface area contributed by atoms with E-state index < -0.39 is 18.4 Å². The summed E-state index contributed by atoms with van der Waals surface area (Å²) in [5.74, 6) is -1.89. The fourth-order valence-electron chi connectivity index (χ4n) is 2.28. The molecular weight excluding hydrogens is 331 g/mol. The average Bonchev–Trinajstić information content (AvgIpc) is 2.58. The fourth-order valence-corrected chi connectivity index (χ4v) is 2.28. The van der Waals surface area contributed by atoms with E-state index >= 15 is 0 Å². The second-order valence-corrected chi connectivity index (χ2v) is 5.15. The van der Waals surface area contributed by atoms with Crippen molar-refractivity contribution in [2.24, 2.45) is 0 Å². The van der Waals surface area contributed by atoms with Crippen LogP contribution in [0.5, 0.6) is 0 Å². The van der Waals surface area contributed by atoms with Crippen molar-refractivity contribution in [3.8, 4) is 0 Å². The number of para-hydroxylation sites is 2. The van der Waals surface area contributed by atoms with Crippen molar-refractivity contribution in [3.63, 3.8) is 0 Å². The molecular formula is C18H18N2NaO4. The normalized spacial score (nSPS) is 9.64. The summed E-state index contributed by atoms with van der Waals surface area (Å²) in [5.41, 5.74) is 1.06. The monoisotopic (exact) mass is 349 g/mol. The van der Waals surface area contributed by atoms with Crippen LogP contribution in [0, 0.1) is 0 Å². The third kappa shape index (κ3) is 6.01. The Hall–Kier alpha value is -2.15. The number of rotatable bonds is 6. The van der Waals surface area contributed by atoms with Gasteiger partial charge in [-0.2, -0.15) is 0 Å². The summed E-state index contributed by atoms with van der Waals surface area (Å²) in [5, 5.41) is 9.08. The fraction of sp³-hybridized carbons (Fsp3) is 0.167. The smallest absolute Gasteiger partial charge is 0.323 e. The van der Waals surface area contributed by atoms with Crippen molar-refractivity contribution in [1.29, 1.82) is 0 Å². The Morgan fingerprint density at radius 2 is 1.24 bits per heavy atom. The zero-order valence-corrected chi connectivity index (χ0v) is 16.3. The van der Waals surface area contributed by atoms with Crippen LogP contribution in [0.25, 0.3) is 0 Å². The van der Waals surface area contributed by atoms with E-state index in [0.717, 1.165) is 4.90 Å².